The highest BCUT2D eigenvalue weighted by molar-refractivity contribution is 5.97. The zero-order valence-electron chi connectivity index (χ0n) is 19.8. The number of nitrogens with two attached hydrogens (primary N) is 1. The highest BCUT2D eigenvalue weighted by Crippen LogP contribution is 2.46. The Hall–Kier alpha value is -3.64. The summed E-state index contributed by atoms with van der Waals surface area (Å²) in [4.78, 5) is 2.21. The van der Waals surface area contributed by atoms with Crippen LogP contribution in [0.5, 0.6) is 11.5 Å². The minimum absolute atomic E-state index is 0.192. The van der Waals surface area contributed by atoms with Crippen LogP contribution in [0.3, 0.4) is 0 Å². The summed E-state index contributed by atoms with van der Waals surface area (Å²) in [6.07, 6.45) is 0.966. The maximum absolute atomic E-state index is 12.6. The van der Waals surface area contributed by atoms with Gasteiger partial charge in [0.05, 0.1) is 6.67 Å². The number of halogens is 1. The molecule has 35 heavy (non-hydrogen) atoms. The third-order valence-corrected chi connectivity index (χ3v) is 6.87. The average Bonchev–Trinajstić information content (AvgIpc) is 2.85. The van der Waals surface area contributed by atoms with E-state index in [9.17, 15) is 4.39 Å². The molecule has 1 fully saturated rings. The number of allylic oxidation sites excluding steroid dienone is 1. The normalized spacial score (nSPS) is 17.9. The first-order chi connectivity index (χ1) is 17.1. The number of para-hydroxylation sites is 1. The van der Waals surface area contributed by atoms with Crippen molar-refractivity contribution in [2.45, 2.75) is 13.0 Å². The molecule has 1 atom stereocenters. The Morgan fingerprint density at radius 1 is 1.11 bits per heavy atom. The van der Waals surface area contributed by atoms with Crippen molar-refractivity contribution < 1.29 is 13.9 Å². The predicted molar refractivity (Wildman–Crippen MR) is 139 cm³/mol. The maximum Gasteiger partial charge on any atom is 0.150 e. The van der Waals surface area contributed by atoms with E-state index in [1.165, 1.54) is 6.21 Å². The van der Waals surface area contributed by atoms with E-state index < -0.39 is 0 Å². The molecular formula is C29H30FN3O2. The summed E-state index contributed by atoms with van der Waals surface area (Å²) in [5.41, 5.74) is 12.7. The van der Waals surface area contributed by atoms with Gasteiger partial charge in [0.25, 0.3) is 0 Å². The Bertz CT molecular complexity index is 1250. The lowest BCUT2D eigenvalue weighted by molar-refractivity contribution is 0.0668. The molecule has 0 amide bonds. The molecule has 0 bridgehead atoms. The van der Waals surface area contributed by atoms with Crippen LogP contribution in [0.15, 0.2) is 66.7 Å². The number of nitrogen functional groups attached to an aromatic ring is 1. The van der Waals surface area contributed by atoms with Crippen molar-refractivity contribution in [2.75, 3.05) is 38.6 Å². The summed E-state index contributed by atoms with van der Waals surface area (Å²) in [5.74, 6) is 1.84. The third kappa shape index (κ3) is 4.66. The van der Waals surface area contributed by atoms with Gasteiger partial charge < -0.3 is 20.6 Å². The van der Waals surface area contributed by atoms with Crippen LogP contribution in [0, 0.1) is 11.3 Å². The second-order valence-electron chi connectivity index (χ2n) is 9.22. The Morgan fingerprint density at radius 2 is 1.89 bits per heavy atom. The van der Waals surface area contributed by atoms with Crippen LogP contribution in [-0.2, 0) is 0 Å². The van der Waals surface area contributed by atoms with E-state index in [-0.39, 0.29) is 18.7 Å². The number of alkyl halides is 1. The lowest BCUT2D eigenvalue weighted by Gasteiger charge is -2.37. The van der Waals surface area contributed by atoms with Gasteiger partial charge >= 0.3 is 0 Å². The van der Waals surface area contributed by atoms with Crippen molar-refractivity contribution in [1.29, 1.82) is 5.41 Å². The molecule has 2 heterocycles. The molecule has 0 radical (unpaired) electrons. The van der Waals surface area contributed by atoms with Crippen LogP contribution < -0.4 is 15.2 Å². The second-order valence-corrected chi connectivity index (χ2v) is 9.22. The van der Waals surface area contributed by atoms with Crippen molar-refractivity contribution in [1.82, 2.24) is 4.90 Å². The van der Waals surface area contributed by atoms with Gasteiger partial charge in [-0.1, -0.05) is 42.5 Å². The zero-order chi connectivity index (χ0) is 24.4. The Morgan fingerprint density at radius 3 is 2.60 bits per heavy atom. The number of nitrogens with zero attached hydrogens (tertiary/aromatic N) is 1. The average molecular weight is 472 g/mol. The van der Waals surface area contributed by atoms with Crippen LogP contribution in [0.4, 0.5) is 10.1 Å². The van der Waals surface area contributed by atoms with Gasteiger partial charge in [0.15, 0.2) is 0 Å². The van der Waals surface area contributed by atoms with E-state index in [1.807, 2.05) is 60.7 Å². The molecule has 0 aromatic heterocycles. The number of fused-ring (bicyclic) bond motifs is 1. The summed E-state index contributed by atoms with van der Waals surface area (Å²) in [5, 5.41) is 7.56. The summed E-state index contributed by atoms with van der Waals surface area (Å²) in [7, 11) is 0. The number of hydrogen-bond acceptors (Lipinski definition) is 5. The number of nitrogens with one attached hydrogen (secondary N) is 1. The number of rotatable bonds is 8. The minimum atomic E-state index is -0.303. The van der Waals surface area contributed by atoms with Gasteiger partial charge in [-0.2, -0.15) is 0 Å². The fourth-order valence-corrected chi connectivity index (χ4v) is 4.87. The summed E-state index contributed by atoms with van der Waals surface area (Å²) >= 11 is 0. The minimum Gasteiger partial charge on any atom is -0.492 e. The summed E-state index contributed by atoms with van der Waals surface area (Å²) < 4.78 is 25.1. The van der Waals surface area contributed by atoms with E-state index >= 15 is 0 Å². The molecule has 0 aliphatic carbocycles. The van der Waals surface area contributed by atoms with Gasteiger partial charge in [0.2, 0.25) is 0 Å². The molecule has 3 N–H and O–H groups in total. The fourth-order valence-electron chi connectivity index (χ4n) is 4.87. The van der Waals surface area contributed by atoms with Crippen LogP contribution in [0.2, 0.25) is 0 Å². The highest BCUT2D eigenvalue weighted by atomic mass is 19.1. The number of anilines is 1. The van der Waals surface area contributed by atoms with Crippen molar-refractivity contribution >= 4 is 23.0 Å². The molecule has 2 aliphatic heterocycles. The zero-order valence-corrected chi connectivity index (χ0v) is 19.8. The Labute approximate surface area is 205 Å². The standard InChI is InChI=1S/C29H30FN3O2/c1-19-25-4-2-3-5-27(25)35-29(28(19)22-6-7-23(16-31)26(32)14-22)21-8-10-24(11-9-21)34-13-12-33-17-20(15-30)18-33/h2-11,14,16,20,29,31H,12-13,15,17-18,32H2,1H3. The monoisotopic (exact) mass is 471 g/mol. The van der Waals surface area contributed by atoms with Crippen molar-refractivity contribution in [3.8, 4) is 11.5 Å². The first-order valence-corrected chi connectivity index (χ1v) is 12.0. The quantitative estimate of drug-likeness (QED) is 0.331. The molecule has 0 saturated carbocycles. The molecule has 5 nitrogen and oxygen atoms in total. The SMILES string of the molecule is CC1=C(c2ccc(C=N)c(N)c2)C(c2ccc(OCCN3CC(CF)C3)cc2)Oc2ccccc21. The summed E-state index contributed by atoms with van der Waals surface area (Å²) in [6.45, 7) is 4.90. The second kappa shape index (κ2) is 9.92. The predicted octanol–water partition coefficient (Wildman–Crippen LogP) is 5.61. The Balaban J connectivity index is 1.39. The smallest absolute Gasteiger partial charge is 0.150 e. The van der Waals surface area contributed by atoms with Crippen molar-refractivity contribution in [3.05, 3.63) is 89.0 Å². The molecule has 0 spiro atoms. The molecule has 180 valence electrons. The number of benzene rings is 3. The molecular weight excluding hydrogens is 441 g/mol. The van der Waals surface area contributed by atoms with E-state index in [0.29, 0.717) is 17.9 Å². The number of hydrogen-bond donors (Lipinski definition) is 2. The Kier molecular flexibility index (Phi) is 6.55. The lowest BCUT2D eigenvalue weighted by atomic mass is 9.85. The molecule has 1 unspecified atom stereocenters. The molecule has 2 aliphatic rings. The van der Waals surface area contributed by atoms with E-state index in [1.54, 1.807) is 0 Å². The molecule has 6 heteroatoms. The van der Waals surface area contributed by atoms with Gasteiger partial charge in [0.1, 0.15) is 24.2 Å². The lowest BCUT2D eigenvalue weighted by Crippen LogP contribution is -2.49. The number of ether oxygens (including phenoxy) is 2. The fraction of sp³-hybridized carbons (Fsp3) is 0.276. The van der Waals surface area contributed by atoms with Gasteiger partial charge in [-0.3, -0.25) is 9.29 Å². The van der Waals surface area contributed by atoms with Crippen LogP contribution >= 0.6 is 0 Å². The van der Waals surface area contributed by atoms with Crippen molar-refractivity contribution in [2.24, 2.45) is 5.92 Å². The molecule has 5 rings (SSSR count). The third-order valence-electron chi connectivity index (χ3n) is 6.87. The van der Waals surface area contributed by atoms with E-state index in [0.717, 1.165) is 59.0 Å². The maximum atomic E-state index is 12.6. The van der Waals surface area contributed by atoms with Gasteiger partial charge in [0, 0.05) is 54.2 Å². The first kappa shape index (κ1) is 23.1. The largest absolute Gasteiger partial charge is 0.492 e. The van der Waals surface area contributed by atoms with Gasteiger partial charge in [-0.15, -0.1) is 0 Å². The topological polar surface area (TPSA) is 71.6 Å². The number of likely N-dealkylation sites (tertiary alicyclic amines) is 1. The summed E-state index contributed by atoms with van der Waals surface area (Å²) in [6, 6.07) is 21.9. The van der Waals surface area contributed by atoms with E-state index in [2.05, 4.69) is 17.9 Å². The van der Waals surface area contributed by atoms with Crippen LogP contribution in [-0.4, -0.2) is 44.0 Å². The molecule has 3 aromatic carbocycles. The van der Waals surface area contributed by atoms with E-state index in [4.69, 9.17) is 20.6 Å². The van der Waals surface area contributed by atoms with Gasteiger partial charge in [-0.05, 0) is 47.9 Å². The van der Waals surface area contributed by atoms with Gasteiger partial charge in [-0.25, -0.2) is 0 Å². The van der Waals surface area contributed by atoms with Crippen LogP contribution in [0.1, 0.15) is 35.3 Å². The first-order valence-electron chi connectivity index (χ1n) is 12.0. The molecule has 3 aromatic rings. The molecule has 1 saturated heterocycles. The van der Waals surface area contributed by atoms with Crippen LogP contribution in [0.25, 0.3) is 11.1 Å². The van der Waals surface area contributed by atoms with Crippen molar-refractivity contribution in [3.63, 3.8) is 0 Å². The highest BCUT2D eigenvalue weighted by Gasteiger charge is 2.29.